The van der Waals surface area contributed by atoms with E-state index in [0.29, 0.717) is 30.3 Å². The molecule has 44 heavy (non-hydrogen) atoms. The quantitative estimate of drug-likeness (QED) is 0.147. The highest BCUT2D eigenvalue weighted by Crippen LogP contribution is 2.23. The van der Waals surface area contributed by atoms with Crippen LogP contribution in [0, 0.1) is 0 Å². The van der Waals surface area contributed by atoms with Crippen LogP contribution >= 0.6 is 0 Å². The van der Waals surface area contributed by atoms with Crippen LogP contribution in [-0.2, 0) is 29.2 Å². The zero-order chi connectivity index (χ0) is 30.6. The maximum absolute atomic E-state index is 13.0. The number of para-hydroxylation sites is 1. The van der Waals surface area contributed by atoms with Crippen molar-refractivity contribution in [1.29, 1.82) is 0 Å². The molecule has 0 radical (unpaired) electrons. The molecule has 0 aliphatic heterocycles. The van der Waals surface area contributed by atoms with Gasteiger partial charge < -0.3 is 24.3 Å². The van der Waals surface area contributed by atoms with E-state index in [0.717, 1.165) is 28.2 Å². The lowest BCUT2D eigenvalue weighted by Gasteiger charge is -2.17. The van der Waals surface area contributed by atoms with Gasteiger partial charge in [-0.1, -0.05) is 72.8 Å². The van der Waals surface area contributed by atoms with Crippen LogP contribution < -0.4 is 19.5 Å². The molecular weight excluding hydrogens is 554 g/mol. The molecule has 5 aromatic rings. The van der Waals surface area contributed by atoms with E-state index in [1.165, 1.54) is 7.11 Å². The molecule has 0 saturated heterocycles. The van der Waals surface area contributed by atoms with Gasteiger partial charge in [-0.05, 0) is 77.4 Å². The van der Waals surface area contributed by atoms with Gasteiger partial charge in [-0.25, -0.2) is 4.79 Å². The molecule has 5 aromatic carbocycles. The summed E-state index contributed by atoms with van der Waals surface area (Å²) in [7, 11) is 1.30. The van der Waals surface area contributed by atoms with Crippen molar-refractivity contribution in [2.24, 2.45) is 0 Å². The zero-order valence-corrected chi connectivity index (χ0v) is 24.3. The SMILES string of the molecule is COC(=O)[C@H](Cc1ccc(OCc2ccccc2)cc1)NC(=O)c1ccc(OCc2cccc(Oc3ccccc3)c2)cc1. The van der Waals surface area contributed by atoms with Gasteiger partial charge in [0.05, 0.1) is 7.11 Å². The van der Waals surface area contributed by atoms with Crippen molar-refractivity contribution < 1.29 is 28.5 Å². The average Bonchev–Trinajstić information content (AvgIpc) is 3.07. The standard InChI is InChI=1S/C37H33NO6/c1-41-37(40)35(24-27-15-19-31(20-16-27)42-25-28-9-4-2-5-10-28)38-36(39)30-17-21-32(22-18-30)43-26-29-11-8-14-34(23-29)44-33-12-6-3-7-13-33/h2-23,35H,24-26H2,1H3,(H,38,39)/t35-/m0/s1. The van der Waals surface area contributed by atoms with Gasteiger partial charge in [-0.2, -0.15) is 0 Å². The highest BCUT2D eigenvalue weighted by atomic mass is 16.5. The van der Waals surface area contributed by atoms with Crippen LogP contribution in [-0.4, -0.2) is 25.0 Å². The smallest absolute Gasteiger partial charge is 0.328 e. The van der Waals surface area contributed by atoms with Crippen LogP contribution in [0.2, 0.25) is 0 Å². The van der Waals surface area contributed by atoms with E-state index in [4.69, 9.17) is 18.9 Å². The molecule has 0 bridgehead atoms. The highest BCUT2D eigenvalue weighted by molar-refractivity contribution is 5.97. The number of rotatable bonds is 13. The summed E-state index contributed by atoms with van der Waals surface area (Å²) in [5.41, 5.74) is 3.27. The van der Waals surface area contributed by atoms with Crippen LogP contribution in [0.5, 0.6) is 23.0 Å². The second kappa shape index (κ2) is 15.1. The maximum Gasteiger partial charge on any atom is 0.328 e. The van der Waals surface area contributed by atoms with Crippen LogP contribution in [0.1, 0.15) is 27.0 Å². The van der Waals surface area contributed by atoms with Gasteiger partial charge in [0.1, 0.15) is 42.3 Å². The first-order chi connectivity index (χ1) is 21.6. The molecule has 0 fully saturated rings. The number of hydrogen-bond acceptors (Lipinski definition) is 6. The first-order valence-corrected chi connectivity index (χ1v) is 14.2. The van der Waals surface area contributed by atoms with Gasteiger partial charge >= 0.3 is 5.97 Å². The van der Waals surface area contributed by atoms with Crippen molar-refractivity contribution in [3.8, 4) is 23.0 Å². The molecular formula is C37H33NO6. The summed E-state index contributed by atoms with van der Waals surface area (Å²) in [5, 5.41) is 2.80. The van der Waals surface area contributed by atoms with Gasteiger partial charge in [0.2, 0.25) is 0 Å². The molecule has 0 aliphatic rings. The summed E-state index contributed by atoms with van der Waals surface area (Å²) < 4.78 is 22.6. The molecule has 0 heterocycles. The zero-order valence-electron chi connectivity index (χ0n) is 24.3. The molecule has 0 saturated carbocycles. The predicted octanol–water partition coefficient (Wildman–Crippen LogP) is 7.15. The maximum atomic E-state index is 13.0. The number of carbonyl (C=O) groups is 2. The minimum atomic E-state index is -0.857. The normalized spacial score (nSPS) is 11.2. The van der Waals surface area contributed by atoms with Crippen molar-refractivity contribution in [3.63, 3.8) is 0 Å². The Kier molecular flexibility index (Phi) is 10.2. The molecule has 7 nitrogen and oxygen atoms in total. The monoisotopic (exact) mass is 587 g/mol. The van der Waals surface area contributed by atoms with E-state index < -0.39 is 12.0 Å². The molecule has 0 unspecified atom stereocenters. The van der Waals surface area contributed by atoms with Crippen LogP contribution in [0.3, 0.4) is 0 Å². The Balaban J connectivity index is 1.13. The Morgan fingerprint density at radius 1 is 0.591 bits per heavy atom. The molecule has 1 amide bonds. The number of methoxy groups -OCH3 is 1. The van der Waals surface area contributed by atoms with Gasteiger partial charge in [0, 0.05) is 12.0 Å². The topological polar surface area (TPSA) is 83.1 Å². The Morgan fingerprint density at radius 2 is 1.16 bits per heavy atom. The van der Waals surface area contributed by atoms with Crippen LogP contribution in [0.15, 0.2) is 133 Å². The number of benzene rings is 5. The summed E-state index contributed by atoms with van der Waals surface area (Å²) >= 11 is 0. The summed E-state index contributed by atoms with van der Waals surface area (Å²) in [4.78, 5) is 25.5. The Hall–Kier alpha value is -5.56. The van der Waals surface area contributed by atoms with E-state index in [-0.39, 0.29) is 12.3 Å². The number of ether oxygens (including phenoxy) is 4. The van der Waals surface area contributed by atoms with E-state index in [2.05, 4.69) is 5.32 Å². The summed E-state index contributed by atoms with van der Waals surface area (Å²) in [6.45, 7) is 0.791. The molecule has 5 rings (SSSR count). The first kappa shape index (κ1) is 29.9. The van der Waals surface area contributed by atoms with Crippen LogP contribution in [0.25, 0.3) is 0 Å². The molecule has 0 spiro atoms. The van der Waals surface area contributed by atoms with Crippen molar-refractivity contribution in [2.75, 3.05) is 7.11 Å². The molecule has 0 aliphatic carbocycles. The molecule has 0 aromatic heterocycles. The van der Waals surface area contributed by atoms with Crippen molar-refractivity contribution in [1.82, 2.24) is 5.32 Å². The van der Waals surface area contributed by atoms with Gasteiger partial charge in [-0.15, -0.1) is 0 Å². The Labute approximate surface area is 257 Å². The third kappa shape index (κ3) is 8.72. The molecule has 1 N–H and O–H groups in total. The van der Waals surface area contributed by atoms with Gasteiger partial charge in [0.15, 0.2) is 0 Å². The third-order valence-electron chi connectivity index (χ3n) is 6.80. The van der Waals surface area contributed by atoms with Crippen molar-refractivity contribution in [3.05, 3.63) is 156 Å². The summed E-state index contributed by atoms with van der Waals surface area (Å²) in [6.07, 6.45) is 0.269. The predicted molar refractivity (Wildman–Crippen MR) is 168 cm³/mol. The van der Waals surface area contributed by atoms with E-state index in [1.54, 1.807) is 24.3 Å². The minimum Gasteiger partial charge on any atom is -0.489 e. The lowest BCUT2D eigenvalue weighted by Crippen LogP contribution is -2.43. The highest BCUT2D eigenvalue weighted by Gasteiger charge is 2.23. The summed E-state index contributed by atoms with van der Waals surface area (Å²) in [5.74, 6) is 1.89. The second-order valence-corrected chi connectivity index (χ2v) is 10.0. The fourth-order valence-corrected chi connectivity index (χ4v) is 4.47. The van der Waals surface area contributed by atoms with E-state index in [9.17, 15) is 9.59 Å². The molecule has 222 valence electrons. The lowest BCUT2D eigenvalue weighted by molar-refractivity contribution is -0.142. The average molecular weight is 588 g/mol. The molecule has 7 heteroatoms. The fourth-order valence-electron chi connectivity index (χ4n) is 4.47. The fraction of sp³-hybridized carbons (Fsp3) is 0.135. The first-order valence-electron chi connectivity index (χ1n) is 14.2. The van der Waals surface area contributed by atoms with Crippen LogP contribution in [0.4, 0.5) is 0 Å². The number of carbonyl (C=O) groups excluding carboxylic acids is 2. The van der Waals surface area contributed by atoms with E-state index in [1.807, 2.05) is 109 Å². The number of esters is 1. The third-order valence-corrected chi connectivity index (χ3v) is 6.80. The minimum absolute atomic E-state index is 0.269. The summed E-state index contributed by atoms with van der Waals surface area (Å²) in [6, 6.07) is 40.5. The lowest BCUT2D eigenvalue weighted by atomic mass is 10.0. The largest absolute Gasteiger partial charge is 0.489 e. The van der Waals surface area contributed by atoms with Gasteiger partial charge in [-0.3, -0.25) is 4.79 Å². The second-order valence-electron chi connectivity index (χ2n) is 10.0. The number of hydrogen-bond donors (Lipinski definition) is 1. The Bertz CT molecular complexity index is 1640. The number of amides is 1. The Morgan fingerprint density at radius 3 is 1.82 bits per heavy atom. The van der Waals surface area contributed by atoms with E-state index >= 15 is 0 Å². The van der Waals surface area contributed by atoms with Crippen molar-refractivity contribution in [2.45, 2.75) is 25.7 Å². The van der Waals surface area contributed by atoms with Gasteiger partial charge in [0.25, 0.3) is 5.91 Å². The molecule has 1 atom stereocenters. The number of nitrogens with one attached hydrogen (secondary N) is 1. The van der Waals surface area contributed by atoms with Crippen molar-refractivity contribution >= 4 is 11.9 Å².